The molecule has 3 heteroatoms. The molecule has 0 radical (unpaired) electrons. The summed E-state index contributed by atoms with van der Waals surface area (Å²) in [5, 5.41) is -0.365. The Morgan fingerprint density at radius 3 is 2.75 bits per heavy atom. The van der Waals surface area contributed by atoms with Gasteiger partial charge in [-0.2, -0.15) is 0 Å². The van der Waals surface area contributed by atoms with Crippen molar-refractivity contribution in [1.29, 1.82) is 0 Å². The molecular formula is C9H6O2S. The summed E-state index contributed by atoms with van der Waals surface area (Å²) < 4.78 is 0. The van der Waals surface area contributed by atoms with Crippen molar-refractivity contribution in [3.63, 3.8) is 0 Å². The number of benzene rings is 1. The lowest BCUT2D eigenvalue weighted by Crippen LogP contribution is -2.02. The van der Waals surface area contributed by atoms with Crippen LogP contribution in [0.25, 0.3) is 0 Å². The summed E-state index contributed by atoms with van der Waals surface area (Å²) in [4.78, 5) is 22.9. The van der Waals surface area contributed by atoms with Crippen molar-refractivity contribution in [2.24, 2.45) is 0 Å². The molecule has 2 nitrogen and oxygen atoms in total. The molecule has 12 heavy (non-hydrogen) atoms. The van der Waals surface area contributed by atoms with Crippen LogP contribution in [-0.4, -0.2) is 10.9 Å². The fourth-order valence-electron chi connectivity index (χ4n) is 1.17. The summed E-state index contributed by atoms with van der Waals surface area (Å²) in [5.41, 5.74) is 1.57. The molecule has 60 valence electrons. The van der Waals surface area contributed by atoms with E-state index in [1.807, 2.05) is 19.1 Å². The molecule has 1 heterocycles. The molecule has 1 aromatic rings. The normalized spacial score (nSPS) is 15.1. The minimum Gasteiger partial charge on any atom is -0.284 e. The molecule has 0 fully saturated rings. The quantitative estimate of drug-likeness (QED) is 0.568. The van der Waals surface area contributed by atoms with Crippen LogP contribution in [0.3, 0.4) is 0 Å². The van der Waals surface area contributed by atoms with Gasteiger partial charge in [-0.15, -0.1) is 0 Å². The van der Waals surface area contributed by atoms with E-state index in [2.05, 4.69) is 0 Å². The van der Waals surface area contributed by atoms with Crippen LogP contribution in [0.15, 0.2) is 23.1 Å². The Hall–Kier alpha value is -1.09. The summed E-state index contributed by atoms with van der Waals surface area (Å²) >= 11 is 1.02. The number of rotatable bonds is 0. The number of aryl methyl sites for hydroxylation is 1. The second kappa shape index (κ2) is 2.45. The average molecular weight is 178 g/mol. The van der Waals surface area contributed by atoms with Crippen molar-refractivity contribution in [3.8, 4) is 0 Å². The molecule has 0 aliphatic carbocycles. The van der Waals surface area contributed by atoms with E-state index in [4.69, 9.17) is 0 Å². The Kier molecular flexibility index (Phi) is 1.54. The van der Waals surface area contributed by atoms with Crippen molar-refractivity contribution in [2.75, 3.05) is 0 Å². The van der Waals surface area contributed by atoms with Crippen molar-refractivity contribution < 1.29 is 9.59 Å². The highest BCUT2D eigenvalue weighted by molar-refractivity contribution is 8.16. The third-order valence-corrected chi connectivity index (χ3v) is 2.71. The first-order chi connectivity index (χ1) is 5.68. The van der Waals surface area contributed by atoms with Crippen LogP contribution in [0.1, 0.15) is 15.9 Å². The number of ketones is 1. The molecule has 1 aromatic carbocycles. The van der Waals surface area contributed by atoms with Gasteiger partial charge in [0.05, 0.1) is 0 Å². The number of hydrogen-bond donors (Lipinski definition) is 0. The van der Waals surface area contributed by atoms with Gasteiger partial charge in [0.2, 0.25) is 5.78 Å². The lowest BCUT2D eigenvalue weighted by Gasteiger charge is -1.95. The maximum absolute atomic E-state index is 11.2. The smallest absolute Gasteiger partial charge is 0.264 e. The summed E-state index contributed by atoms with van der Waals surface area (Å²) in [5.74, 6) is -0.362. The molecule has 2 rings (SSSR count). The van der Waals surface area contributed by atoms with Gasteiger partial charge in [-0.1, -0.05) is 11.6 Å². The Bertz CT molecular complexity index is 382. The van der Waals surface area contributed by atoms with E-state index in [1.165, 1.54) is 0 Å². The number of carbonyl (C=O) groups is 2. The molecule has 0 saturated carbocycles. The fourth-order valence-corrected chi connectivity index (χ4v) is 1.97. The maximum atomic E-state index is 11.2. The van der Waals surface area contributed by atoms with Crippen molar-refractivity contribution in [1.82, 2.24) is 0 Å². The zero-order valence-electron chi connectivity index (χ0n) is 6.46. The second-order valence-corrected chi connectivity index (χ2v) is 3.73. The highest BCUT2D eigenvalue weighted by atomic mass is 32.2. The molecular weight excluding hydrogens is 172 g/mol. The van der Waals surface area contributed by atoms with Crippen LogP contribution < -0.4 is 0 Å². The highest BCUT2D eigenvalue weighted by Gasteiger charge is 2.28. The van der Waals surface area contributed by atoms with Gasteiger partial charge in [0.25, 0.3) is 5.12 Å². The molecule has 1 aliphatic rings. The summed E-state index contributed by atoms with van der Waals surface area (Å²) in [7, 11) is 0. The highest BCUT2D eigenvalue weighted by Crippen LogP contribution is 2.32. The van der Waals surface area contributed by atoms with Crippen LogP contribution in [0.5, 0.6) is 0 Å². The SMILES string of the molecule is Cc1ccc2c(c1)C(=O)C(=O)S2. The van der Waals surface area contributed by atoms with Gasteiger partial charge in [-0.25, -0.2) is 0 Å². The average Bonchev–Trinajstić information content (AvgIpc) is 2.31. The van der Waals surface area contributed by atoms with E-state index in [9.17, 15) is 9.59 Å². The van der Waals surface area contributed by atoms with E-state index in [0.29, 0.717) is 5.56 Å². The number of Topliss-reactive ketones (excluding diaryl/α,β-unsaturated/α-hetero) is 1. The van der Waals surface area contributed by atoms with Gasteiger partial charge < -0.3 is 0 Å². The molecule has 1 aliphatic heterocycles. The first-order valence-electron chi connectivity index (χ1n) is 3.55. The number of thioether (sulfide) groups is 1. The lowest BCUT2D eigenvalue weighted by molar-refractivity contribution is -0.107. The third-order valence-electron chi connectivity index (χ3n) is 1.77. The van der Waals surface area contributed by atoms with Gasteiger partial charge >= 0.3 is 0 Å². The Labute approximate surface area is 74.0 Å². The van der Waals surface area contributed by atoms with Crippen molar-refractivity contribution >= 4 is 22.7 Å². The van der Waals surface area contributed by atoms with Crippen LogP contribution in [0.2, 0.25) is 0 Å². The lowest BCUT2D eigenvalue weighted by atomic mass is 10.1. The first-order valence-corrected chi connectivity index (χ1v) is 4.37. The topological polar surface area (TPSA) is 34.1 Å². The zero-order valence-corrected chi connectivity index (χ0v) is 7.27. The Morgan fingerprint density at radius 2 is 2.00 bits per heavy atom. The van der Waals surface area contributed by atoms with Crippen molar-refractivity contribution in [3.05, 3.63) is 29.3 Å². The first kappa shape index (κ1) is 7.55. The Balaban J connectivity index is 2.63. The maximum Gasteiger partial charge on any atom is 0.264 e. The van der Waals surface area contributed by atoms with Crippen LogP contribution in [0.4, 0.5) is 0 Å². The fraction of sp³-hybridized carbons (Fsp3) is 0.111. The van der Waals surface area contributed by atoms with E-state index in [1.54, 1.807) is 6.07 Å². The van der Waals surface area contributed by atoms with Gasteiger partial charge in [-0.3, -0.25) is 9.59 Å². The van der Waals surface area contributed by atoms with Gasteiger partial charge in [-0.05, 0) is 30.8 Å². The van der Waals surface area contributed by atoms with E-state index < -0.39 is 0 Å². The van der Waals surface area contributed by atoms with Gasteiger partial charge in [0.1, 0.15) is 0 Å². The molecule has 0 saturated heterocycles. The molecule has 0 spiro atoms. The number of carbonyl (C=O) groups excluding carboxylic acids is 2. The summed E-state index contributed by atoms with van der Waals surface area (Å²) in [6.45, 7) is 1.90. The third kappa shape index (κ3) is 0.975. The van der Waals surface area contributed by atoms with E-state index in [-0.39, 0.29) is 10.9 Å². The summed E-state index contributed by atoms with van der Waals surface area (Å²) in [6.07, 6.45) is 0. The predicted molar refractivity (Wildman–Crippen MR) is 46.4 cm³/mol. The monoisotopic (exact) mass is 178 g/mol. The Morgan fingerprint density at radius 1 is 1.25 bits per heavy atom. The molecule has 0 amide bonds. The van der Waals surface area contributed by atoms with Crippen LogP contribution >= 0.6 is 11.8 Å². The van der Waals surface area contributed by atoms with E-state index in [0.717, 1.165) is 22.2 Å². The van der Waals surface area contributed by atoms with Gasteiger partial charge in [0, 0.05) is 10.5 Å². The molecule has 0 atom stereocenters. The van der Waals surface area contributed by atoms with Crippen molar-refractivity contribution in [2.45, 2.75) is 11.8 Å². The molecule has 0 unspecified atom stereocenters. The zero-order chi connectivity index (χ0) is 8.72. The van der Waals surface area contributed by atoms with E-state index >= 15 is 0 Å². The predicted octanol–water partition coefficient (Wildman–Crippen LogP) is 1.81. The molecule has 0 N–H and O–H groups in total. The minimum atomic E-state index is -0.365. The number of hydrogen-bond acceptors (Lipinski definition) is 3. The molecule has 0 bridgehead atoms. The molecule has 0 aromatic heterocycles. The minimum absolute atomic E-state index is 0.362. The van der Waals surface area contributed by atoms with Gasteiger partial charge in [0.15, 0.2) is 0 Å². The van der Waals surface area contributed by atoms with Crippen LogP contribution in [-0.2, 0) is 4.79 Å². The number of fused-ring (bicyclic) bond motifs is 1. The standard InChI is InChI=1S/C9H6O2S/c1-5-2-3-7-6(4-5)8(10)9(11)12-7/h2-4H,1H3. The largest absolute Gasteiger partial charge is 0.284 e. The van der Waals surface area contributed by atoms with Crippen LogP contribution in [0, 0.1) is 6.92 Å². The summed E-state index contributed by atoms with van der Waals surface area (Å²) in [6, 6.07) is 5.48. The second-order valence-electron chi connectivity index (χ2n) is 2.72.